The van der Waals surface area contributed by atoms with Crippen LogP contribution < -0.4 is 10.6 Å². The minimum Gasteiger partial charge on any atom is -0.387 e. The Bertz CT molecular complexity index is 1200. The lowest BCUT2D eigenvalue weighted by Crippen LogP contribution is -2.46. The van der Waals surface area contributed by atoms with E-state index < -0.39 is 29.6 Å². The molecule has 37 heavy (non-hydrogen) atoms. The summed E-state index contributed by atoms with van der Waals surface area (Å²) in [5, 5.41) is 18.0. The van der Waals surface area contributed by atoms with Crippen LogP contribution >= 0.6 is 15.9 Å². The molecule has 10 nitrogen and oxygen atoms in total. The van der Waals surface area contributed by atoms with E-state index in [0.717, 1.165) is 0 Å². The van der Waals surface area contributed by atoms with Crippen LogP contribution in [0.2, 0.25) is 0 Å². The van der Waals surface area contributed by atoms with E-state index in [-0.39, 0.29) is 48.5 Å². The third-order valence-electron chi connectivity index (χ3n) is 6.62. The number of carbonyl (C=O) groups excluding carboxylic acids is 2. The standard InChI is InChI=1S/C24H27BrF2N6O4/c1-28-18-9-15(12-29-13-18)22(34)32-6-2-3-17(14-32)30-21-19(10-16(25)11-20(21)33(36)37)23(35)31-7-4-24(26,27)5-8-31/h9-13,17,28,30H,2-8,14H2,1H3/t17-/m1/s1. The van der Waals surface area contributed by atoms with Gasteiger partial charge in [0.05, 0.1) is 21.7 Å². The summed E-state index contributed by atoms with van der Waals surface area (Å²) in [4.78, 5) is 44.8. The quantitative estimate of drug-likeness (QED) is 0.384. The van der Waals surface area contributed by atoms with E-state index in [1.165, 1.54) is 23.2 Å². The summed E-state index contributed by atoms with van der Waals surface area (Å²) < 4.78 is 27.6. The van der Waals surface area contributed by atoms with Crippen LogP contribution in [0.4, 0.5) is 25.8 Å². The lowest BCUT2D eigenvalue weighted by Gasteiger charge is -2.35. The number of nitro groups is 1. The Kier molecular flexibility index (Phi) is 7.90. The number of nitrogens with one attached hydrogen (secondary N) is 2. The normalized spacial score (nSPS) is 19.3. The number of benzene rings is 1. The van der Waals surface area contributed by atoms with Gasteiger partial charge in [-0.05, 0) is 25.0 Å². The molecule has 2 N–H and O–H groups in total. The summed E-state index contributed by atoms with van der Waals surface area (Å²) in [6, 6.07) is 4.09. The van der Waals surface area contributed by atoms with Crippen molar-refractivity contribution in [2.45, 2.75) is 37.6 Å². The molecule has 2 amide bonds. The highest BCUT2D eigenvalue weighted by Gasteiger charge is 2.37. The SMILES string of the molecule is CNc1cncc(C(=O)N2CCC[C@@H](Nc3c(C(=O)N4CCC(F)(F)CC4)cc(Br)cc3[N+](=O)[O-])C2)c1. The molecule has 2 fully saturated rings. The van der Waals surface area contributed by atoms with Crippen LogP contribution in [0.15, 0.2) is 35.1 Å². The molecule has 13 heteroatoms. The molecule has 198 valence electrons. The van der Waals surface area contributed by atoms with Crippen molar-refractivity contribution in [2.75, 3.05) is 43.9 Å². The number of carbonyl (C=O) groups is 2. The fraction of sp³-hybridized carbons (Fsp3) is 0.458. The summed E-state index contributed by atoms with van der Waals surface area (Å²) in [5.74, 6) is -3.60. The number of pyridine rings is 1. The maximum Gasteiger partial charge on any atom is 0.294 e. The Morgan fingerprint density at radius 1 is 1.14 bits per heavy atom. The van der Waals surface area contributed by atoms with Crippen LogP contribution in [0.25, 0.3) is 0 Å². The zero-order chi connectivity index (χ0) is 26.7. The highest BCUT2D eigenvalue weighted by molar-refractivity contribution is 9.10. The molecule has 1 aromatic carbocycles. The number of likely N-dealkylation sites (tertiary alicyclic amines) is 2. The molecule has 1 atom stereocenters. The van der Waals surface area contributed by atoms with Crippen LogP contribution in [0, 0.1) is 10.1 Å². The van der Waals surface area contributed by atoms with Gasteiger partial charge in [0.15, 0.2) is 0 Å². The van der Waals surface area contributed by atoms with Crippen molar-refractivity contribution in [2.24, 2.45) is 0 Å². The Hall–Kier alpha value is -3.35. The van der Waals surface area contributed by atoms with Gasteiger partial charge < -0.3 is 20.4 Å². The Balaban J connectivity index is 1.58. The molecule has 0 unspecified atom stereocenters. The smallest absolute Gasteiger partial charge is 0.294 e. The van der Waals surface area contributed by atoms with Gasteiger partial charge in [0.1, 0.15) is 5.69 Å². The summed E-state index contributed by atoms with van der Waals surface area (Å²) in [7, 11) is 1.73. The van der Waals surface area contributed by atoms with Crippen molar-refractivity contribution in [3.8, 4) is 0 Å². The molecule has 2 aliphatic rings. The predicted molar refractivity (Wildman–Crippen MR) is 137 cm³/mol. The molecule has 2 aromatic rings. The second kappa shape index (κ2) is 11.0. The van der Waals surface area contributed by atoms with Gasteiger partial charge in [-0.15, -0.1) is 0 Å². The topological polar surface area (TPSA) is 121 Å². The predicted octanol–water partition coefficient (Wildman–Crippen LogP) is 4.38. The van der Waals surface area contributed by atoms with Gasteiger partial charge in [-0.1, -0.05) is 15.9 Å². The Morgan fingerprint density at radius 2 is 1.86 bits per heavy atom. The number of halogens is 3. The minimum absolute atomic E-state index is 0.0219. The van der Waals surface area contributed by atoms with Gasteiger partial charge in [-0.2, -0.15) is 0 Å². The molecule has 1 aromatic heterocycles. The Morgan fingerprint density at radius 3 is 2.54 bits per heavy atom. The third kappa shape index (κ3) is 6.14. The molecule has 0 spiro atoms. The van der Waals surface area contributed by atoms with Crippen molar-refractivity contribution in [1.82, 2.24) is 14.8 Å². The summed E-state index contributed by atoms with van der Waals surface area (Å²) in [6.07, 6.45) is 3.44. The van der Waals surface area contributed by atoms with E-state index in [1.54, 1.807) is 24.2 Å². The van der Waals surface area contributed by atoms with Crippen LogP contribution in [0.1, 0.15) is 46.4 Å². The average Bonchev–Trinajstić information content (AvgIpc) is 2.88. The number of hydrogen-bond donors (Lipinski definition) is 2. The van der Waals surface area contributed by atoms with E-state index in [9.17, 15) is 28.5 Å². The number of rotatable bonds is 6. The van der Waals surface area contributed by atoms with Gasteiger partial charge in [0.25, 0.3) is 23.4 Å². The highest BCUT2D eigenvalue weighted by Crippen LogP contribution is 2.36. The lowest BCUT2D eigenvalue weighted by atomic mass is 10.0. The van der Waals surface area contributed by atoms with Crippen LogP contribution in [-0.4, -0.2) is 76.7 Å². The van der Waals surface area contributed by atoms with Crippen molar-refractivity contribution >= 4 is 44.8 Å². The number of amides is 2. The van der Waals surface area contributed by atoms with Crippen LogP contribution in [-0.2, 0) is 0 Å². The van der Waals surface area contributed by atoms with E-state index in [4.69, 9.17) is 0 Å². The lowest BCUT2D eigenvalue weighted by molar-refractivity contribution is -0.384. The molecule has 3 heterocycles. The number of hydrogen-bond acceptors (Lipinski definition) is 7. The number of nitro benzene ring substituents is 1. The largest absolute Gasteiger partial charge is 0.387 e. The zero-order valence-corrected chi connectivity index (χ0v) is 21.8. The summed E-state index contributed by atoms with van der Waals surface area (Å²) in [5.41, 5.74) is 0.852. The summed E-state index contributed by atoms with van der Waals surface area (Å²) >= 11 is 3.23. The molecular formula is C24H27BrF2N6O4. The second-order valence-corrected chi connectivity index (χ2v) is 10.1. The maximum absolute atomic E-state index is 13.6. The van der Waals surface area contributed by atoms with E-state index >= 15 is 0 Å². The first kappa shape index (κ1) is 26.7. The number of aromatic nitrogens is 1. The van der Waals surface area contributed by atoms with Gasteiger partial charge in [0, 0.05) is 75.0 Å². The molecule has 0 aliphatic carbocycles. The number of nitrogens with zero attached hydrogens (tertiary/aromatic N) is 4. The van der Waals surface area contributed by atoms with E-state index in [0.29, 0.717) is 35.1 Å². The fourth-order valence-electron chi connectivity index (χ4n) is 4.62. The van der Waals surface area contributed by atoms with Crippen LogP contribution in [0.5, 0.6) is 0 Å². The van der Waals surface area contributed by atoms with Gasteiger partial charge in [-0.25, -0.2) is 8.78 Å². The first-order chi connectivity index (χ1) is 17.6. The third-order valence-corrected chi connectivity index (χ3v) is 7.08. The van der Waals surface area contributed by atoms with Crippen molar-refractivity contribution < 1.29 is 23.3 Å². The van der Waals surface area contributed by atoms with Gasteiger partial charge in [-0.3, -0.25) is 24.7 Å². The second-order valence-electron chi connectivity index (χ2n) is 9.20. The van der Waals surface area contributed by atoms with E-state index in [2.05, 4.69) is 31.5 Å². The highest BCUT2D eigenvalue weighted by atomic mass is 79.9. The number of alkyl halides is 2. The Labute approximate surface area is 220 Å². The zero-order valence-electron chi connectivity index (χ0n) is 20.2. The number of anilines is 2. The molecule has 4 rings (SSSR count). The van der Waals surface area contributed by atoms with E-state index in [1.807, 2.05) is 0 Å². The van der Waals surface area contributed by atoms with Gasteiger partial charge >= 0.3 is 0 Å². The first-order valence-corrected chi connectivity index (χ1v) is 12.7. The fourth-order valence-corrected chi connectivity index (χ4v) is 5.07. The molecule has 0 radical (unpaired) electrons. The molecule has 2 saturated heterocycles. The van der Waals surface area contributed by atoms with Crippen LogP contribution in [0.3, 0.4) is 0 Å². The average molecular weight is 581 g/mol. The first-order valence-electron chi connectivity index (χ1n) is 11.9. The molecular weight excluding hydrogens is 554 g/mol. The van der Waals surface area contributed by atoms with Gasteiger partial charge in [0.2, 0.25) is 0 Å². The van der Waals surface area contributed by atoms with Crippen molar-refractivity contribution in [3.63, 3.8) is 0 Å². The number of piperidine rings is 2. The van der Waals surface area contributed by atoms with Crippen molar-refractivity contribution in [1.29, 1.82) is 0 Å². The van der Waals surface area contributed by atoms with Crippen molar-refractivity contribution in [3.05, 3.63) is 56.3 Å². The summed E-state index contributed by atoms with van der Waals surface area (Å²) in [6.45, 7) is 0.490. The minimum atomic E-state index is -2.83. The molecule has 0 saturated carbocycles. The molecule has 0 bridgehead atoms. The maximum atomic E-state index is 13.6. The molecule has 2 aliphatic heterocycles. The monoisotopic (exact) mass is 580 g/mol.